The van der Waals surface area contributed by atoms with Crippen molar-refractivity contribution in [3.8, 4) is 0 Å². The molecule has 6 heteroatoms. The summed E-state index contributed by atoms with van der Waals surface area (Å²) in [4.78, 5) is 9.07. The molecule has 0 bridgehead atoms. The summed E-state index contributed by atoms with van der Waals surface area (Å²) in [6.45, 7) is 5.48. The Bertz CT molecular complexity index is 978. The van der Waals surface area contributed by atoms with E-state index in [1.54, 1.807) is 6.07 Å². The molecule has 1 atom stereocenters. The lowest BCUT2D eigenvalue weighted by atomic mass is 9.99. The maximum atomic E-state index is 13.8. The second-order valence-corrected chi connectivity index (χ2v) is 7.77. The molecule has 3 aromatic rings. The van der Waals surface area contributed by atoms with Gasteiger partial charge in [-0.15, -0.1) is 0 Å². The Balaban J connectivity index is 1.34. The van der Waals surface area contributed by atoms with Crippen LogP contribution in [-0.2, 0) is 11.8 Å². The SMILES string of the molecule is Cn1cc(C2CCN(c3ccc(N4CCOCC4)cc3)C2)c2cc(F)cnc21. The molecular weight excluding hydrogens is 355 g/mol. The van der Waals surface area contributed by atoms with Crippen LogP contribution in [0.1, 0.15) is 17.9 Å². The van der Waals surface area contributed by atoms with E-state index < -0.39 is 0 Å². The molecule has 146 valence electrons. The summed E-state index contributed by atoms with van der Waals surface area (Å²) in [5.41, 5.74) is 4.57. The van der Waals surface area contributed by atoms with Crippen LogP contribution in [0, 0.1) is 5.82 Å². The number of nitrogens with zero attached hydrogens (tertiary/aromatic N) is 4. The number of hydrogen-bond donors (Lipinski definition) is 0. The summed E-state index contributed by atoms with van der Waals surface area (Å²) < 4.78 is 21.2. The Labute approximate surface area is 164 Å². The molecule has 4 heterocycles. The number of halogens is 1. The van der Waals surface area contributed by atoms with Gasteiger partial charge in [0.15, 0.2) is 0 Å². The van der Waals surface area contributed by atoms with Crippen molar-refractivity contribution >= 4 is 22.4 Å². The van der Waals surface area contributed by atoms with E-state index in [9.17, 15) is 4.39 Å². The number of anilines is 2. The number of benzene rings is 1. The Hall–Kier alpha value is -2.60. The number of ether oxygens (including phenoxy) is 1. The summed E-state index contributed by atoms with van der Waals surface area (Å²) in [6.07, 6.45) is 4.48. The molecule has 2 aliphatic heterocycles. The molecule has 5 rings (SSSR count). The smallest absolute Gasteiger partial charge is 0.142 e. The number of hydrogen-bond acceptors (Lipinski definition) is 4. The highest BCUT2D eigenvalue weighted by molar-refractivity contribution is 5.81. The maximum absolute atomic E-state index is 13.8. The Morgan fingerprint density at radius 2 is 1.75 bits per heavy atom. The molecule has 5 nitrogen and oxygen atoms in total. The van der Waals surface area contributed by atoms with Crippen molar-refractivity contribution in [1.29, 1.82) is 0 Å². The molecule has 0 amide bonds. The highest BCUT2D eigenvalue weighted by Crippen LogP contribution is 2.35. The Kier molecular flexibility index (Phi) is 4.43. The van der Waals surface area contributed by atoms with Crippen LogP contribution in [0.4, 0.5) is 15.8 Å². The third kappa shape index (κ3) is 3.11. The van der Waals surface area contributed by atoms with E-state index in [4.69, 9.17) is 4.74 Å². The van der Waals surface area contributed by atoms with E-state index in [0.717, 1.165) is 56.8 Å². The van der Waals surface area contributed by atoms with Gasteiger partial charge in [-0.3, -0.25) is 0 Å². The van der Waals surface area contributed by atoms with Crippen molar-refractivity contribution in [2.75, 3.05) is 49.2 Å². The minimum atomic E-state index is -0.270. The highest BCUT2D eigenvalue weighted by atomic mass is 19.1. The molecule has 2 fully saturated rings. The molecule has 2 aliphatic rings. The molecule has 0 saturated carbocycles. The number of rotatable bonds is 3. The minimum absolute atomic E-state index is 0.270. The first-order valence-corrected chi connectivity index (χ1v) is 9.97. The van der Waals surface area contributed by atoms with Gasteiger partial charge in [0.25, 0.3) is 0 Å². The van der Waals surface area contributed by atoms with Crippen LogP contribution in [0.5, 0.6) is 0 Å². The van der Waals surface area contributed by atoms with Crippen LogP contribution in [0.25, 0.3) is 11.0 Å². The van der Waals surface area contributed by atoms with Gasteiger partial charge >= 0.3 is 0 Å². The second-order valence-electron chi connectivity index (χ2n) is 7.77. The van der Waals surface area contributed by atoms with Crippen molar-refractivity contribution in [3.05, 3.63) is 54.1 Å². The largest absolute Gasteiger partial charge is 0.378 e. The summed E-state index contributed by atoms with van der Waals surface area (Å²) in [5, 5.41) is 0.942. The fraction of sp³-hybridized carbons (Fsp3) is 0.409. The number of fused-ring (bicyclic) bond motifs is 1. The van der Waals surface area contributed by atoms with Gasteiger partial charge < -0.3 is 19.1 Å². The lowest BCUT2D eigenvalue weighted by Crippen LogP contribution is -2.36. The van der Waals surface area contributed by atoms with Gasteiger partial charge in [0.05, 0.1) is 19.4 Å². The van der Waals surface area contributed by atoms with E-state index in [-0.39, 0.29) is 5.82 Å². The summed E-state index contributed by atoms with van der Waals surface area (Å²) >= 11 is 0. The normalized spacial score (nSPS) is 20.3. The van der Waals surface area contributed by atoms with Crippen molar-refractivity contribution in [2.45, 2.75) is 12.3 Å². The molecule has 28 heavy (non-hydrogen) atoms. The molecule has 2 saturated heterocycles. The van der Waals surface area contributed by atoms with Gasteiger partial charge in [-0.2, -0.15) is 0 Å². The zero-order valence-corrected chi connectivity index (χ0v) is 16.1. The molecule has 0 spiro atoms. The molecule has 2 aromatic heterocycles. The number of aryl methyl sites for hydroxylation is 1. The average molecular weight is 380 g/mol. The van der Waals surface area contributed by atoms with Crippen LogP contribution in [0.2, 0.25) is 0 Å². The zero-order valence-electron chi connectivity index (χ0n) is 16.1. The molecule has 0 N–H and O–H groups in total. The number of morpholine rings is 1. The Morgan fingerprint density at radius 1 is 1.04 bits per heavy atom. The van der Waals surface area contributed by atoms with Gasteiger partial charge in [-0.05, 0) is 42.3 Å². The summed E-state index contributed by atoms with van der Waals surface area (Å²) in [5.74, 6) is 0.125. The third-order valence-electron chi connectivity index (χ3n) is 6.03. The molecule has 1 aromatic carbocycles. The van der Waals surface area contributed by atoms with Gasteiger partial charge in [0.1, 0.15) is 11.5 Å². The van der Waals surface area contributed by atoms with Gasteiger partial charge in [-0.1, -0.05) is 0 Å². The first kappa shape index (κ1) is 17.5. The first-order valence-electron chi connectivity index (χ1n) is 9.97. The first-order chi connectivity index (χ1) is 13.7. The van der Waals surface area contributed by atoms with E-state index in [2.05, 4.69) is 45.2 Å². The highest BCUT2D eigenvalue weighted by Gasteiger charge is 2.27. The topological polar surface area (TPSA) is 33.5 Å². The predicted octanol–water partition coefficient (Wildman–Crippen LogP) is 3.54. The number of aromatic nitrogens is 2. The Morgan fingerprint density at radius 3 is 2.50 bits per heavy atom. The lowest BCUT2D eigenvalue weighted by molar-refractivity contribution is 0.122. The van der Waals surface area contributed by atoms with Gasteiger partial charge in [0.2, 0.25) is 0 Å². The second kappa shape index (κ2) is 7.09. The van der Waals surface area contributed by atoms with Crippen LogP contribution < -0.4 is 9.80 Å². The third-order valence-corrected chi connectivity index (χ3v) is 6.03. The quantitative estimate of drug-likeness (QED) is 0.696. The predicted molar refractivity (Wildman–Crippen MR) is 110 cm³/mol. The van der Waals surface area contributed by atoms with Crippen LogP contribution in [-0.4, -0.2) is 48.9 Å². The standard InChI is InChI=1S/C22H25FN4O/c1-25-15-21(20-12-17(23)13-24-22(20)25)16-6-7-27(14-16)19-4-2-18(3-5-19)26-8-10-28-11-9-26/h2-5,12-13,15-16H,6-11,14H2,1H3. The maximum Gasteiger partial charge on any atom is 0.142 e. The van der Waals surface area contributed by atoms with E-state index in [0.29, 0.717) is 5.92 Å². The monoisotopic (exact) mass is 380 g/mol. The van der Waals surface area contributed by atoms with Crippen LogP contribution >= 0.6 is 0 Å². The molecule has 0 aliphatic carbocycles. The average Bonchev–Trinajstić information content (AvgIpc) is 3.34. The molecule has 1 unspecified atom stereocenters. The van der Waals surface area contributed by atoms with Crippen LogP contribution in [0.3, 0.4) is 0 Å². The fourth-order valence-electron chi connectivity index (χ4n) is 4.53. The fourth-order valence-corrected chi connectivity index (χ4v) is 4.53. The van der Waals surface area contributed by atoms with Crippen LogP contribution in [0.15, 0.2) is 42.7 Å². The van der Waals surface area contributed by atoms with Crippen molar-refractivity contribution in [2.24, 2.45) is 7.05 Å². The minimum Gasteiger partial charge on any atom is -0.378 e. The van der Waals surface area contributed by atoms with Gasteiger partial charge in [0, 0.05) is 62.1 Å². The molecular formula is C22H25FN4O. The summed E-state index contributed by atoms with van der Waals surface area (Å²) in [6, 6.07) is 10.5. The lowest BCUT2D eigenvalue weighted by Gasteiger charge is -2.29. The van der Waals surface area contributed by atoms with Gasteiger partial charge in [-0.25, -0.2) is 9.37 Å². The number of pyridine rings is 1. The molecule has 0 radical (unpaired) electrons. The van der Waals surface area contributed by atoms with Crippen molar-refractivity contribution in [3.63, 3.8) is 0 Å². The van der Waals surface area contributed by atoms with Crippen molar-refractivity contribution in [1.82, 2.24) is 9.55 Å². The van der Waals surface area contributed by atoms with E-state index >= 15 is 0 Å². The summed E-state index contributed by atoms with van der Waals surface area (Å²) in [7, 11) is 1.98. The zero-order chi connectivity index (χ0) is 19.1. The van der Waals surface area contributed by atoms with E-state index in [1.807, 2.05) is 11.6 Å². The van der Waals surface area contributed by atoms with Crippen molar-refractivity contribution < 1.29 is 9.13 Å². The van der Waals surface area contributed by atoms with E-state index in [1.165, 1.54) is 23.1 Å².